The third-order valence-electron chi connectivity index (χ3n) is 4.39. The van der Waals surface area contributed by atoms with Gasteiger partial charge in [-0.25, -0.2) is 0 Å². The van der Waals surface area contributed by atoms with Gasteiger partial charge in [-0.05, 0) is 32.0 Å². The topological polar surface area (TPSA) is 32.7 Å². The summed E-state index contributed by atoms with van der Waals surface area (Å²) in [5.74, 6) is 0.329. The van der Waals surface area contributed by atoms with Crippen LogP contribution in [-0.4, -0.2) is 23.1 Å². The summed E-state index contributed by atoms with van der Waals surface area (Å²) in [4.78, 5) is 2.17. The van der Waals surface area contributed by atoms with Gasteiger partial charge in [-0.1, -0.05) is 48.5 Å². The zero-order chi connectivity index (χ0) is 15.0. The van der Waals surface area contributed by atoms with Crippen LogP contribution in [0.15, 0.2) is 48.5 Å². The van der Waals surface area contributed by atoms with Gasteiger partial charge < -0.3 is 9.84 Å². The summed E-state index contributed by atoms with van der Waals surface area (Å²) in [6.07, 6.45) is -0.203. The Bertz CT molecular complexity index is 626. The van der Waals surface area contributed by atoms with E-state index in [1.165, 1.54) is 5.56 Å². The normalized spacial score (nSPS) is 26.1. The highest BCUT2D eigenvalue weighted by Gasteiger charge is 2.39. The summed E-state index contributed by atoms with van der Waals surface area (Å²) in [7, 11) is 2.04. The van der Waals surface area contributed by atoms with Crippen LogP contribution in [-0.2, 0) is 4.74 Å². The van der Waals surface area contributed by atoms with Crippen LogP contribution in [0.2, 0.25) is 0 Å². The van der Waals surface area contributed by atoms with E-state index < -0.39 is 0 Å². The van der Waals surface area contributed by atoms with Crippen molar-refractivity contribution in [3.63, 3.8) is 0 Å². The molecule has 2 aromatic rings. The van der Waals surface area contributed by atoms with Gasteiger partial charge in [-0.2, -0.15) is 0 Å². The van der Waals surface area contributed by atoms with E-state index in [0.29, 0.717) is 5.75 Å². The molecular weight excluding hydrogens is 262 g/mol. The lowest BCUT2D eigenvalue weighted by molar-refractivity contribution is 0.00413. The molecule has 0 bridgehead atoms. The minimum Gasteiger partial charge on any atom is -0.507 e. The highest BCUT2D eigenvalue weighted by atomic mass is 16.5. The first-order chi connectivity index (χ1) is 10.1. The van der Waals surface area contributed by atoms with Crippen LogP contribution >= 0.6 is 0 Å². The molecule has 1 aliphatic heterocycles. The molecule has 1 saturated heterocycles. The summed E-state index contributed by atoms with van der Waals surface area (Å²) < 4.78 is 6.26. The van der Waals surface area contributed by atoms with Gasteiger partial charge in [0.2, 0.25) is 0 Å². The van der Waals surface area contributed by atoms with Crippen LogP contribution in [0.5, 0.6) is 5.75 Å². The van der Waals surface area contributed by atoms with Crippen molar-refractivity contribution in [1.82, 2.24) is 4.90 Å². The summed E-state index contributed by atoms with van der Waals surface area (Å²) in [5.41, 5.74) is 2.88. The Balaban J connectivity index is 1.94. The fourth-order valence-corrected chi connectivity index (χ4v) is 2.95. The summed E-state index contributed by atoms with van der Waals surface area (Å²) in [6, 6.07) is 16.3. The number of phenols is 1. The van der Waals surface area contributed by atoms with Crippen LogP contribution < -0.4 is 0 Å². The van der Waals surface area contributed by atoms with Gasteiger partial charge in [0, 0.05) is 11.6 Å². The predicted octanol–water partition coefficient (Wildman–Crippen LogP) is 3.79. The number of aromatic hydroxyl groups is 1. The lowest BCUT2D eigenvalue weighted by Crippen LogP contribution is -2.27. The number of para-hydroxylation sites is 1. The average Bonchev–Trinajstić information content (AvgIpc) is 2.79. The number of likely N-dealkylation sites (N-methyl/N-ethyl adjacent to an activating group) is 1. The monoisotopic (exact) mass is 283 g/mol. The lowest BCUT2D eigenvalue weighted by Gasteiger charge is -2.22. The molecule has 2 aromatic carbocycles. The van der Waals surface area contributed by atoms with Crippen molar-refractivity contribution in [3.05, 3.63) is 65.2 Å². The Labute approximate surface area is 125 Å². The Kier molecular flexibility index (Phi) is 3.70. The third-order valence-corrected chi connectivity index (χ3v) is 4.39. The number of hydrogen-bond donors (Lipinski definition) is 1. The maximum Gasteiger partial charge on any atom is 0.141 e. The van der Waals surface area contributed by atoms with E-state index in [4.69, 9.17) is 4.74 Å². The van der Waals surface area contributed by atoms with E-state index in [0.717, 1.165) is 11.1 Å². The second-order valence-corrected chi connectivity index (χ2v) is 5.74. The molecule has 0 spiro atoms. The Morgan fingerprint density at radius 1 is 1.05 bits per heavy atom. The first-order valence-electron chi connectivity index (χ1n) is 7.30. The van der Waals surface area contributed by atoms with Crippen molar-refractivity contribution in [3.8, 4) is 5.75 Å². The fourth-order valence-electron chi connectivity index (χ4n) is 2.95. The van der Waals surface area contributed by atoms with Gasteiger partial charge in [0.1, 0.15) is 18.1 Å². The molecule has 0 radical (unpaired) electrons. The van der Waals surface area contributed by atoms with Gasteiger partial charge in [-0.15, -0.1) is 0 Å². The summed E-state index contributed by atoms with van der Waals surface area (Å²) in [6.45, 7) is 4.07. The van der Waals surface area contributed by atoms with E-state index in [1.54, 1.807) is 0 Å². The van der Waals surface area contributed by atoms with Crippen LogP contribution in [0.4, 0.5) is 0 Å². The van der Waals surface area contributed by atoms with Crippen molar-refractivity contribution < 1.29 is 9.84 Å². The van der Waals surface area contributed by atoms with E-state index in [2.05, 4.69) is 24.0 Å². The van der Waals surface area contributed by atoms with Crippen LogP contribution in [0.25, 0.3) is 0 Å². The van der Waals surface area contributed by atoms with E-state index in [-0.39, 0.29) is 18.4 Å². The number of nitrogens with zero attached hydrogens (tertiary/aromatic N) is 1. The number of aryl methyl sites for hydroxylation is 1. The van der Waals surface area contributed by atoms with Crippen molar-refractivity contribution in [1.29, 1.82) is 0 Å². The van der Waals surface area contributed by atoms with Crippen LogP contribution in [0.1, 0.15) is 35.9 Å². The molecule has 0 aliphatic carbocycles. The minimum absolute atomic E-state index is 0.0149. The maximum atomic E-state index is 10.3. The first kappa shape index (κ1) is 14.1. The molecular formula is C18H21NO2. The fraction of sp³-hybridized carbons (Fsp3) is 0.333. The molecule has 1 heterocycles. The van der Waals surface area contributed by atoms with E-state index in [1.807, 2.05) is 50.4 Å². The summed E-state index contributed by atoms with van der Waals surface area (Å²) >= 11 is 0. The highest BCUT2D eigenvalue weighted by Crippen LogP contribution is 2.43. The lowest BCUT2D eigenvalue weighted by atomic mass is 10.0. The third kappa shape index (κ3) is 2.43. The van der Waals surface area contributed by atoms with E-state index >= 15 is 0 Å². The molecule has 1 aliphatic rings. The second-order valence-electron chi connectivity index (χ2n) is 5.74. The second kappa shape index (κ2) is 5.51. The molecule has 110 valence electrons. The quantitative estimate of drug-likeness (QED) is 0.910. The molecule has 0 aromatic heterocycles. The molecule has 1 fully saturated rings. The maximum absolute atomic E-state index is 10.3. The zero-order valence-electron chi connectivity index (χ0n) is 12.7. The molecule has 1 unspecified atom stereocenters. The Morgan fingerprint density at radius 3 is 2.48 bits per heavy atom. The Morgan fingerprint density at radius 2 is 1.76 bits per heavy atom. The minimum atomic E-state index is -0.217. The van der Waals surface area contributed by atoms with Crippen LogP contribution in [0, 0.1) is 6.92 Å². The number of rotatable bonds is 2. The van der Waals surface area contributed by atoms with Gasteiger partial charge in [0.25, 0.3) is 0 Å². The number of ether oxygens (including phenoxy) is 1. The molecule has 0 amide bonds. The number of benzene rings is 2. The molecule has 3 atom stereocenters. The smallest absolute Gasteiger partial charge is 0.141 e. The molecule has 3 nitrogen and oxygen atoms in total. The van der Waals surface area contributed by atoms with Gasteiger partial charge in [-0.3, -0.25) is 4.90 Å². The zero-order valence-corrected chi connectivity index (χ0v) is 12.7. The summed E-state index contributed by atoms with van der Waals surface area (Å²) in [5, 5.41) is 10.3. The highest BCUT2D eigenvalue weighted by molar-refractivity contribution is 5.41. The van der Waals surface area contributed by atoms with Gasteiger partial charge >= 0.3 is 0 Å². The molecule has 21 heavy (non-hydrogen) atoms. The standard InChI is InChI=1S/C18H21NO2/c1-12-8-7-11-15(16(12)20)18-19(3)13(2)17(21-18)14-9-5-4-6-10-14/h4-11,13,17-18,20H,1-3H3/t13-,17?,18-/m0/s1. The first-order valence-corrected chi connectivity index (χ1v) is 7.30. The molecule has 3 rings (SSSR count). The predicted molar refractivity (Wildman–Crippen MR) is 83.1 cm³/mol. The Hall–Kier alpha value is -1.84. The molecule has 0 saturated carbocycles. The van der Waals surface area contributed by atoms with Crippen molar-refractivity contribution >= 4 is 0 Å². The van der Waals surface area contributed by atoms with Crippen molar-refractivity contribution in [2.75, 3.05) is 7.05 Å². The van der Waals surface area contributed by atoms with E-state index in [9.17, 15) is 5.11 Å². The van der Waals surface area contributed by atoms with Crippen molar-refractivity contribution in [2.24, 2.45) is 0 Å². The number of hydrogen-bond acceptors (Lipinski definition) is 3. The average molecular weight is 283 g/mol. The molecule has 1 N–H and O–H groups in total. The van der Waals surface area contributed by atoms with Crippen LogP contribution in [0.3, 0.4) is 0 Å². The SMILES string of the molecule is Cc1cccc([C@@H]2OC(c3ccccc3)[C@H](C)N2C)c1O. The largest absolute Gasteiger partial charge is 0.507 e. The van der Waals surface area contributed by atoms with Crippen molar-refractivity contribution in [2.45, 2.75) is 32.2 Å². The van der Waals surface area contributed by atoms with Gasteiger partial charge in [0.15, 0.2) is 0 Å². The number of phenolic OH excluding ortho intramolecular Hbond substituents is 1. The molecule has 3 heteroatoms. The van der Waals surface area contributed by atoms with Gasteiger partial charge in [0.05, 0.1) is 0 Å².